The maximum Gasteiger partial charge on any atom is 0.264 e. The average Bonchev–Trinajstić information content (AvgIpc) is 2.86. The lowest BCUT2D eigenvalue weighted by molar-refractivity contribution is -0.120. The summed E-state index contributed by atoms with van der Waals surface area (Å²) in [4.78, 5) is 13.2. The first-order valence-corrected chi connectivity index (χ1v) is 12.2. The van der Waals surface area contributed by atoms with Gasteiger partial charge in [0.05, 0.1) is 16.6 Å². The molecule has 33 heavy (non-hydrogen) atoms. The van der Waals surface area contributed by atoms with Crippen molar-refractivity contribution in [2.45, 2.75) is 24.3 Å². The highest BCUT2D eigenvalue weighted by atomic mass is 32.2. The normalized spacial score (nSPS) is 13.7. The van der Waals surface area contributed by atoms with Crippen molar-refractivity contribution >= 4 is 21.6 Å². The summed E-state index contributed by atoms with van der Waals surface area (Å²) in [7, 11) is -4.01. The molecule has 1 aliphatic heterocycles. The zero-order valence-corrected chi connectivity index (χ0v) is 19.1. The van der Waals surface area contributed by atoms with Gasteiger partial charge in [0.2, 0.25) is 5.91 Å². The average molecular weight is 467 g/mol. The zero-order chi connectivity index (χ0) is 23.3. The van der Waals surface area contributed by atoms with Gasteiger partial charge in [-0.25, -0.2) is 8.42 Å². The summed E-state index contributed by atoms with van der Waals surface area (Å²) in [6.45, 7) is 2.40. The van der Waals surface area contributed by atoms with E-state index in [4.69, 9.17) is 9.47 Å². The number of hydrogen-bond acceptors (Lipinski definition) is 5. The molecule has 0 aromatic heterocycles. The van der Waals surface area contributed by atoms with Crippen molar-refractivity contribution in [2.24, 2.45) is 0 Å². The molecule has 4 rings (SSSR count). The summed E-state index contributed by atoms with van der Waals surface area (Å²) in [5.74, 6) is 0.588. The van der Waals surface area contributed by atoms with Crippen LogP contribution in [0.25, 0.3) is 0 Å². The lowest BCUT2D eigenvalue weighted by Gasteiger charge is -2.27. The number of fused-ring (bicyclic) bond motifs is 1. The Kier molecular flexibility index (Phi) is 6.84. The highest BCUT2D eigenvalue weighted by Gasteiger charge is 2.29. The van der Waals surface area contributed by atoms with Gasteiger partial charge in [-0.05, 0) is 36.2 Å². The molecule has 1 heterocycles. The fourth-order valence-electron chi connectivity index (χ4n) is 3.70. The molecule has 0 bridgehead atoms. The molecule has 0 unspecified atom stereocenters. The number of amides is 1. The first-order chi connectivity index (χ1) is 16.0. The van der Waals surface area contributed by atoms with Crippen molar-refractivity contribution in [1.82, 2.24) is 5.32 Å². The molecule has 1 N–H and O–H groups in total. The van der Waals surface area contributed by atoms with Gasteiger partial charge in [-0.2, -0.15) is 0 Å². The summed E-state index contributed by atoms with van der Waals surface area (Å²) in [5.41, 5.74) is 1.29. The van der Waals surface area contributed by atoms with Gasteiger partial charge in [-0.15, -0.1) is 0 Å². The van der Waals surface area contributed by atoms with Crippen LogP contribution in [-0.2, 0) is 14.8 Å². The van der Waals surface area contributed by atoms with Crippen LogP contribution < -0.4 is 19.1 Å². The molecular formula is C25H26N2O5S. The minimum Gasteiger partial charge on any atom is -0.486 e. The van der Waals surface area contributed by atoms with E-state index in [-0.39, 0.29) is 17.5 Å². The number of nitrogens with one attached hydrogen (secondary N) is 1. The van der Waals surface area contributed by atoms with E-state index in [2.05, 4.69) is 5.32 Å². The van der Waals surface area contributed by atoms with Gasteiger partial charge in [-0.3, -0.25) is 9.10 Å². The van der Waals surface area contributed by atoms with Crippen molar-refractivity contribution < 1.29 is 22.7 Å². The monoisotopic (exact) mass is 466 g/mol. The van der Waals surface area contributed by atoms with Crippen LogP contribution in [0.5, 0.6) is 11.5 Å². The van der Waals surface area contributed by atoms with Gasteiger partial charge in [0.1, 0.15) is 19.8 Å². The second-order valence-electron chi connectivity index (χ2n) is 7.59. The molecule has 1 atom stereocenters. The van der Waals surface area contributed by atoms with Gasteiger partial charge >= 0.3 is 0 Å². The van der Waals surface area contributed by atoms with E-state index in [1.165, 1.54) is 12.1 Å². The number of carbonyl (C=O) groups is 1. The Morgan fingerprint density at radius 1 is 0.939 bits per heavy atom. The third-order valence-electron chi connectivity index (χ3n) is 5.38. The standard InChI is InChI=1S/C25H26N2O5S/c1-2-22(19-9-5-3-6-10-19)26-25(28)18-27(33(29,30)21-11-7-4-8-12-21)20-13-14-23-24(17-20)32-16-15-31-23/h3-14,17,22H,2,15-16,18H2,1H3,(H,26,28)/t22-/m0/s1. The maximum atomic E-state index is 13.5. The highest BCUT2D eigenvalue weighted by Crippen LogP contribution is 2.35. The van der Waals surface area contributed by atoms with Crippen LogP contribution in [0.4, 0.5) is 5.69 Å². The fraction of sp³-hybridized carbons (Fsp3) is 0.240. The molecule has 3 aromatic rings. The second kappa shape index (κ2) is 9.95. The summed E-state index contributed by atoms with van der Waals surface area (Å²) in [6.07, 6.45) is 0.672. The Morgan fingerprint density at radius 3 is 2.24 bits per heavy atom. The molecule has 0 radical (unpaired) electrons. The Hall–Kier alpha value is -3.52. The number of carbonyl (C=O) groups excluding carboxylic acids is 1. The van der Waals surface area contributed by atoms with E-state index >= 15 is 0 Å². The lowest BCUT2D eigenvalue weighted by atomic mass is 10.0. The maximum absolute atomic E-state index is 13.5. The van der Waals surface area contributed by atoms with Gasteiger partial charge < -0.3 is 14.8 Å². The Labute approximate surface area is 194 Å². The van der Waals surface area contributed by atoms with E-state index in [1.807, 2.05) is 37.3 Å². The predicted octanol–water partition coefficient (Wildman–Crippen LogP) is 3.92. The number of benzene rings is 3. The molecule has 7 nitrogen and oxygen atoms in total. The first kappa shape index (κ1) is 22.7. The number of rotatable bonds is 8. The minimum atomic E-state index is -4.01. The number of ether oxygens (including phenoxy) is 2. The summed E-state index contributed by atoms with van der Waals surface area (Å²) in [5, 5.41) is 2.97. The van der Waals surface area contributed by atoms with Crippen LogP contribution in [0.1, 0.15) is 24.9 Å². The number of hydrogen-bond donors (Lipinski definition) is 1. The van der Waals surface area contributed by atoms with E-state index < -0.39 is 15.9 Å². The Balaban J connectivity index is 1.65. The van der Waals surface area contributed by atoms with Crippen LogP contribution in [-0.4, -0.2) is 34.1 Å². The molecule has 0 saturated carbocycles. The summed E-state index contributed by atoms with van der Waals surface area (Å²) >= 11 is 0. The van der Waals surface area contributed by atoms with Crippen LogP contribution in [0.2, 0.25) is 0 Å². The van der Waals surface area contributed by atoms with Crippen LogP contribution >= 0.6 is 0 Å². The smallest absolute Gasteiger partial charge is 0.264 e. The zero-order valence-electron chi connectivity index (χ0n) is 18.3. The molecule has 172 valence electrons. The minimum absolute atomic E-state index is 0.0998. The van der Waals surface area contributed by atoms with Gasteiger partial charge in [0, 0.05) is 6.07 Å². The number of anilines is 1. The SMILES string of the molecule is CC[C@H](NC(=O)CN(c1ccc2c(c1)OCCO2)S(=O)(=O)c1ccccc1)c1ccccc1. The molecule has 0 saturated heterocycles. The molecule has 0 spiro atoms. The summed E-state index contributed by atoms with van der Waals surface area (Å²) < 4.78 is 39.4. The molecule has 0 fully saturated rings. The van der Waals surface area contributed by atoms with E-state index in [0.717, 1.165) is 9.87 Å². The van der Waals surface area contributed by atoms with Gasteiger partial charge in [0.15, 0.2) is 11.5 Å². The third-order valence-corrected chi connectivity index (χ3v) is 7.17. The first-order valence-electron chi connectivity index (χ1n) is 10.8. The number of sulfonamides is 1. The molecule has 8 heteroatoms. The molecule has 0 aliphatic carbocycles. The van der Waals surface area contributed by atoms with Crippen LogP contribution in [0.3, 0.4) is 0 Å². The molecule has 3 aromatic carbocycles. The third kappa shape index (κ3) is 5.12. The molecular weight excluding hydrogens is 440 g/mol. The van der Waals surface area contributed by atoms with Crippen molar-refractivity contribution in [3.05, 3.63) is 84.4 Å². The van der Waals surface area contributed by atoms with E-state index in [0.29, 0.717) is 36.8 Å². The van der Waals surface area contributed by atoms with Crippen molar-refractivity contribution in [3.63, 3.8) is 0 Å². The highest BCUT2D eigenvalue weighted by molar-refractivity contribution is 7.92. The van der Waals surface area contributed by atoms with E-state index in [1.54, 1.807) is 36.4 Å². The Morgan fingerprint density at radius 2 is 1.58 bits per heavy atom. The van der Waals surface area contributed by atoms with Crippen LogP contribution in [0.15, 0.2) is 83.8 Å². The Bertz CT molecular complexity index is 1200. The second-order valence-corrected chi connectivity index (χ2v) is 9.45. The van der Waals surface area contributed by atoms with E-state index in [9.17, 15) is 13.2 Å². The molecule has 1 amide bonds. The lowest BCUT2D eigenvalue weighted by Crippen LogP contribution is -2.42. The van der Waals surface area contributed by atoms with Crippen molar-refractivity contribution in [3.8, 4) is 11.5 Å². The molecule has 1 aliphatic rings. The van der Waals surface area contributed by atoms with Gasteiger partial charge in [0.25, 0.3) is 10.0 Å². The summed E-state index contributed by atoms with van der Waals surface area (Å²) in [6, 6.07) is 22.3. The van der Waals surface area contributed by atoms with Crippen molar-refractivity contribution in [1.29, 1.82) is 0 Å². The quantitative estimate of drug-likeness (QED) is 0.544. The number of nitrogens with zero attached hydrogens (tertiary/aromatic N) is 1. The predicted molar refractivity (Wildman–Crippen MR) is 126 cm³/mol. The van der Waals surface area contributed by atoms with Crippen molar-refractivity contribution in [2.75, 3.05) is 24.1 Å². The topological polar surface area (TPSA) is 84.9 Å². The van der Waals surface area contributed by atoms with Gasteiger partial charge in [-0.1, -0.05) is 55.5 Å². The van der Waals surface area contributed by atoms with Crippen LogP contribution in [0, 0.1) is 0 Å². The fourth-order valence-corrected chi connectivity index (χ4v) is 5.13. The largest absolute Gasteiger partial charge is 0.486 e.